The molecule has 2 heterocycles. The molecule has 5 nitrogen and oxygen atoms in total. The van der Waals surface area contributed by atoms with Crippen LogP contribution in [0.15, 0.2) is 57.6 Å². The molecule has 4 rings (SSSR count). The minimum absolute atomic E-state index is 0.205. The summed E-state index contributed by atoms with van der Waals surface area (Å²) in [6.07, 6.45) is 1.71. The van der Waals surface area contributed by atoms with E-state index in [0.717, 1.165) is 10.0 Å². The van der Waals surface area contributed by atoms with Crippen molar-refractivity contribution in [1.82, 2.24) is 9.78 Å². The molecule has 1 aliphatic rings. The molecule has 1 aliphatic heterocycles. The van der Waals surface area contributed by atoms with Crippen molar-refractivity contribution in [3.8, 4) is 5.75 Å². The van der Waals surface area contributed by atoms with Crippen LogP contribution in [0.1, 0.15) is 17.0 Å². The first-order chi connectivity index (χ1) is 13.0. The predicted octanol–water partition coefficient (Wildman–Crippen LogP) is 4.71. The molecule has 0 spiro atoms. The molecule has 0 fully saturated rings. The van der Waals surface area contributed by atoms with Crippen molar-refractivity contribution in [2.24, 2.45) is 0 Å². The third-order valence-electron chi connectivity index (χ3n) is 4.32. The van der Waals surface area contributed by atoms with Crippen LogP contribution in [0.25, 0.3) is 0 Å². The van der Waals surface area contributed by atoms with Gasteiger partial charge in [0.1, 0.15) is 24.1 Å². The third-order valence-corrected chi connectivity index (χ3v) is 5.39. The van der Waals surface area contributed by atoms with E-state index in [-0.39, 0.29) is 24.9 Å². The van der Waals surface area contributed by atoms with Crippen molar-refractivity contribution in [3.63, 3.8) is 0 Å². The molecule has 0 saturated heterocycles. The number of amides is 1. The van der Waals surface area contributed by atoms with Crippen LogP contribution in [0, 0.1) is 5.82 Å². The largest absolute Gasteiger partial charge is 0.492 e. The Morgan fingerprint density at radius 3 is 2.93 bits per heavy atom. The number of nitrogens with zero attached hydrogens (tertiary/aromatic N) is 2. The average Bonchev–Trinajstić information content (AvgIpc) is 3.20. The lowest BCUT2D eigenvalue weighted by Crippen LogP contribution is -2.22. The number of halogens is 3. The van der Waals surface area contributed by atoms with Gasteiger partial charge in [-0.2, -0.15) is 5.10 Å². The third kappa shape index (κ3) is 3.77. The molecule has 27 heavy (non-hydrogen) atoms. The smallest absolute Gasteiger partial charge is 0.236 e. The fourth-order valence-electron chi connectivity index (χ4n) is 2.97. The highest BCUT2D eigenvalue weighted by molar-refractivity contribution is 9.10. The Balaban J connectivity index is 1.51. The summed E-state index contributed by atoms with van der Waals surface area (Å²) in [6, 6.07) is 12.1. The van der Waals surface area contributed by atoms with Gasteiger partial charge in [0.25, 0.3) is 0 Å². The molecule has 0 bridgehead atoms. The first-order valence-corrected chi connectivity index (χ1v) is 9.79. The zero-order chi connectivity index (χ0) is 19.0. The molecule has 0 aliphatic carbocycles. The molecule has 3 aromatic rings. The van der Waals surface area contributed by atoms with Crippen LogP contribution >= 0.6 is 31.9 Å². The molecule has 8 heteroatoms. The van der Waals surface area contributed by atoms with E-state index in [4.69, 9.17) is 4.74 Å². The molecule has 0 radical (unpaired) electrons. The fourth-order valence-corrected chi connectivity index (χ4v) is 3.76. The predicted molar refractivity (Wildman–Crippen MR) is 106 cm³/mol. The van der Waals surface area contributed by atoms with Crippen molar-refractivity contribution in [2.45, 2.75) is 12.5 Å². The van der Waals surface area contributed by atoms with Crippen molar-refractivity contribution >= 4 is 43.6 Å². The van der Waals surface area contributed by atoms with Gasteiger partial charge in [-0.15, -0.1) is 0 Å². The molecule has 138 valence electrons. The Hall–Kier alpha value is -2.19. The first kappa shape index (κ1) is 18.2. The fraction of sp³-hybridized carbons (Fsp3) is 0.158. The second-order valence-corrected chi connectivity index (χ2v) is 7.92. The van der Waals surface area contributed by atoms with Gasteiger partial charge < -0.3 is 10.1 Å². The van der Waals surface area contributed by atoms with Crippen molar-refractivity contribution in [2.75, 3.05) is 11.9 Å². The number of carbonyl (C=O) groups is 1. The zero-order valence-corrected chi connectivity index (χ0v) is 17.1. The highest BCUT2D eigenvalue weighted by Gasteiger charge is 2.31. The van der Waals surface area contributed by atoms with Gasteiger partial charge in [0, 0.05) is 21.8 Å². The standard InChI is InChI=1S/C19H14Br2FN3O2/c20-12-5-6-17-13(7-12)14(10-27-17)19(26)23-18-15(21)9-25(24-18)8-11-3-1-2-4-16(11)22/h1-7,9,14H,8,10H2,(H,23,24,26). The number of nitrogens with one attached hydrogen (secondary N) is 1. The van der Waals surface area contributed by atoms with E-state index in [9.17, 15) is 9.18 Å². The summed E-state index contributed by atoms with van der Waals surface area (Å²) in [5.74, 6) is 0.187. The van der Waals surface area contributed by atoms with Crippen molar-refractivity contribution < 1.29 is 13.9 Å². The van der Waals surface area contributed by atoms with Crippen LogP contribution < -0.4 is 10.1 Å². The summed E-state index contributed by atoms with van der Waals surface area (Å²) in [5, 5.41) is 7.18. The van der Waals surface area contributed by atoms with Crippen LogP contribution in [0.3, 0.4) is 0 Å². The van der Waals surface area contributed by atoms with Crippen LogP contribution in [0.4, 0.5) is 10.2 Å². The highest BCUT2D eigenvalue weighted by Crippen LogP contribution is 2.36. The van der Waals surface area contributed by atoms with Crippen molar-refractivity contribution in [3.05, 3.63) is 74.6 Å². The molecular formula is C19H14Br2FN3O2. The maximum Gasteiger partial charge on any atom is 0.236 e. The van der Waals surface area contributed by atoms with Crippen LogP contribution in [0.5, 0.6) is 5.75 Å². The summed E-state index contributed by atoms with van der Waals surface area (Å²) in [7, 11) is 0. The molecule has 2 aromatic carbocycles. The Kier molecular flexibility index (Phi) is 5.01. The van der Waals surface area contributed by atoms with Gasteiger partial charge in [-0.1, -0.05) is 34.1 Å². The Morgan fingerprint density at radius 2 is 2.11 bits per heavy atom. The van der Waals surface area contributed by atoms with E-state index < -0.39 is 5.92 Å². The number of hydrogen-bond donors (Lipinski definition) is 1. The van der Waals surface area contributed by atoms with E-state index in [1.54, 1.807) is 29.1 Å². The van der Waals surface area contributed by atoms with E-state index in [1.165, 1.54) is 6.07 Å². The van der Waals surface area contributed by atoms with E-state index in [0.29, 0.717) is 21.6 Å². The molecule has 0 saturated carbocycles. The monoisotopic (exact) mass is 493 g/mol. The topological polar surface area (TPSA) is 56.2 Å². The number of rotatable bonds is 4. The SMILES string of the molecule is O=C(Nc1nn(Cc2ccccc2F)cc1Br)C1COc2ccc(Br)cc21. The van der Waals surface area contributed by atoms with Gasteiger partial charge >= 0.3 is 0 Å². The highest BCUT2D eigenvalue weighted by atomic mass is 79.9. The van der Waals surface area contributed by atoms with Crippen LogP contribution in [0.2, 0.25) is 0 Å². The van der Waals surface area contributed by atoms with Crippen LogP contribution in [-0.4, -0.2) is 22.3 Å². The molecule has 1 amide bonds. The minimum atomic E-state index is -0.416. The lowest BCUT2D eigenvalue weighted by Gasteiger charge is -2.09. The van der Waals surface area contributed by atoms with Gasteiger partial charge in [0.2, 0.25) is 5.91 Å². The van der Waals surface area contributed by atoms with E-state index in [1.807, 2.05) is 18.2 Å². The molecule has 1 N–H and O–H groups in total. The van der Waals surface area contributed by atoms with Crippen LogP contribution in [-0.2, 0) is 11.3 Å². The quantitative estimate of drug-likeness (QED) is 0.571. The van der Waals surface area contributed by atoms with Crippen molar-refractivity contribution in [1.29, 1.82) is 0 Å². The summed E-state index contributed by atoms with van der Waals surface area (Å²) >= 11 is 6.82. The van der Waals surface area contributed by atoms with Gasteiger partial charge in [-0.25, -0.2) is 4.39 Å². The number of fused-ring (bicyclic) bond motifs is 1. The number of hydrogen-bond acceptors (Lipinski definition) is 3. The average molecular weight is 495 g/mol. The van der Waals surface area contributed by atoms with Gasteiger partial charge in [-0.05, 0) is 40.2 Å². The lowest BCUT2D eigenvalue weighted by atomic mass is 10.0. The summed E-state index contributed by atoms with van der Waals surface area (Å²) < 4.78 is 22.5. The van der Waals surface area contributed by atoms with E-state index in [2.05, 4.69) is 42.3 Å². The lowest BCUT2D eigenvalue weighted by molar-refractivity contribution is -0.117. The van der Waals surface area contributed by atoms with Gasteiger partial charge in [-0.3, -0.25) is 9.48 Å². The normalized spacial score (nSPS) is 15.3. The van der Waals surface area contributed by atoms with Gasteiger partial charge in [0.15, 0.2) is 5.82 Å². The molecule has 1 aromatic heterocycles. The molecular weight excluding hydrogens is 481 g/mol. The number of ether oxygens (including phenoxy) is 1. The number of anilines is 1. The second kappa shape index (κ2) is 7.44. The summed E-state index contributed by atoms with van der Waals surface area (Å²) in [4.78, 5) is 12.7. The number of aromatic nitrogens is 2. The Bertz CT molecular complexity index is 1020. The summed E-state index contributed by atoms with van der Waals surface area (Å²) in [6.45, 7) is 0.550. The van der Waals surface area contributed by atoms with E-state index >= 15 is 0 Å². The maximum atomic E-state index is 13.8. The zero-order valence-electron chi connectivity index (χ0n) is 14.0. The number of benzene rings is 2. The van der Waals surface area contributed by atoms with Gasteiger partial charge in [0.05, 0.1) is 11.0 Å². The maximum absolute atomic E-state index is 13.8. The minimum Gasteiger partial charge on any atom is -0.492 e. The summed E-state index contributed by atoms with van der Waals surface area (Å²) in [5.41, 5.74) is 1.36. The first-order valence-electron chi connectivity index (χ1n) is 8.21. The Labute approximate surface area is 171 Å². The molecule has 1 atom stereocenters. The Morgan fingerprint density at radius 1 is 1.30 bits per heavy atom. The second-order valence-electron chi connectivity index (χ2n) is 6.15. The number of carbonyl (C=O) groups excluding carboxylic acids is 1. The molecule has 1 unspecified atom stereocenters.